The molecule has 1 aliphatic rings. The van der Waals surface area contributed by atoms with E-state index in [9.17, 15) is 13.2 Å². The largest absolute Gasteiger partial charge is 0.493 e. The van der Waals surface area contributed by atoms with E-state index >= 15 is 0 Å². The molecular weight excluding hydrogens is 292 g/mol. The standard InChI is InChI=1S/C14H20N2O4S/c1-3-20-12-6-5-10(21(15,18)19)9-11(12)13(17)16-14(2)7-4-8-14/h5-6,9H,3-4,7-8H2,1-2H3,(H,16,17)(H2,15,18,19). The van der Waals surface area contributed by atoms with E-state index in [2.05, 4.69) is 5.32 Å². The number of ether oxygens (including phenoxy) is 1. The Bertz CT molecular complexity index is 651. The predicted molar refractivity (Wildman–Crippen MR) is 78.7 cm³/mol. The molecule has 0 radical (unpaired) electrons. The van der Waals surface area contributed by atoms with Crippen LogP contribution in [0, 0.1) is 0 Å². The van der Waals surface area contributed by atoms with Gasteiger partial charge in [-0.05, 0) is 51.3 Å². The lowest BCUT2D eigenvalue weighted by molar-refractivity contribution is 0.0846. The zero-order valence-corrected chi connectivity index (χ0v) is 13.0. The molecule has 0 aliphatic heterocycles. The van der Waals surface area contributed by atoms with Crippen LogP contribution in [-0.2, 0) is 10.0 Å². The van der Waals surface area contributed by atoms with Gasteiger partial charge in [0.05, 0.1) is 17.1 Å². The number of nitrogens with two attached hydrogens (primary N) is 1. The highest BCUT2D eigenvalue weighted by Crippen LogP contribution is 2.32. The Kier molecular flexibility index (Phi) is 4.25. The van der Waals surface area contributed by atoms with Crippen LogP contribution in [0.3, 0.4) is 0 Å². The Hall–Kier alpha value is -1.60. The van der Waals surface area contributed by atoms with E-state index in [1.807, 2.05) is 6.92 Å². The molecule has 1 fully saturated rings. The molecule has 1 saturated carbocycles. The third-order valence-corrected chi connectivity index (χ3v) is 4.61. The molecule has 6 nitrogen and oxygen atoms in total. The second kappa shape index (κ2) is 5.65. The summed E-state index contributed by atoms with van der Waals surface area (Å²) >= 11 is 0. The Labute approximate surface area is 124 Å². The second-order valence-corrected chi connectivity index (χ2v) is 7.07. The maximum absolute atomic E-state index is 12.4. The second-order valence-electron chi connectivity index (χ2n) is 5.50. The Morgan fingerprint density at radius 3 is 2.57 bits per heavy atom. The molecule has 1 aliphatic carbocycles. The summed E-state index contributed by atoms with van der Waals surface area (Å²) in [4.78, 5) is 12.3. The Morgan fingerprint density at radius 2 is 2.10 bits per heavy atom. The van der Waals surface area contributed by atoms with Gasteiger partial charge in [0.15, 0.2) is 0 Å². The van der Waals surface area contributed by atoms with Gasteiger partial charge in [0.1, 0.15) is 5.75 Å². The van der Waals surface area contributed by atoms with Crippen LogP contribution in [0.2, 0.25) is 0 Å². The highest BCUT2D eigenvalue weighted by molar-refractivity contribution is 7.89. The van der Waals surface area contributed by atoms with Crippen molar-refractivity contribution in [1.29, 1.82) is 0 Å². The van der Waals surface area contributed by atoms with Gasteiger partial charge in [-0.1, -0.05) is 0 Å². The van der Waals surface area contributed by atoms with Gasteiger partial charge in [-0.2, -0.15) is 0 Å². The van der Waals surface area contributed by atoms with Gasteiger partial charge in [0, 0.05) is 5.54 Å². The Balaban J connectivity index is 2.35. The summed E-state index contributed by atoms with van der Waals surface area (Å²) in [6, 6.07) is 4.06. The van der Waals surface area contributed by atoms with Gasteiger partial charge in [-0.25, -0.2) is 13.6 Å². The predicted octanol–water partition coefficient (Wildman–Crippen LogP) is 1.41. The van der Waals surface area contributed by atoms with Gasteiger partial charge >= 0.3 is 0 Å². The van der Waals surface area contributed by atoms with Gasteiger partial charge in [0.2, 0.25) is 10.0 Å². The molecule has 0 saturated heterocycles. The highest BCUT2D eigenvalue weighted by atomic mass is 32.2. The summed E-state index contributed by atoms with van der Waals surface area (Å²) < 4.78 is 28.3. The first-order valence-corrected chi connectivity index (χ1v) is 8.42. The average molecular weight is 312 g/mol. The van der Waals surface area contributed by atoms with E-state index in [1.54, 1.807) is 6.92 Å². The van der Waals surface area contributed by atoms with Crippen LogP contribution < -0.4 is 15.2 Å². The number of sulfonamides is 1. The minimum Gasteiger partial charge on any atom is -0.493 e. The van der Waals surface area contributed by atoms with Crippen molar-refractivity contribution in [2.24, 2.45) is 5.14 Å². The number of carbonyl (C=O) groups is 1. The molecule has 0 bridgehead atoms. The van der Waals surface area contributed by atoms with Crippen molar-refractivity contribution in [3.63, 3.8) is 0 Å². The molecule has 1 aromatic rings. The molecule has 2 rings (SSSR count). The topological polar surface area (TPSA) is 98.5 Å². The van der Waals surface area contributed by atoms with Gasteiger partial charge in [-0.15, -0.1) is 0 Å². The number of amides is 1. The van der Waals surface area contributed by atoms with Crippen molar-refractivity contribution < 1.29 is 17.9 Å². The monoisotopic (exact) mass is 312 g/mol. The quantitative estimate of drug-likeness (QED) is 0.858. The highest BCUT2D eigenvalue weighted by Gasteiger charge is 2.34. The molecule has 3 N–H and O–H groups in total. The molecule has 0 spiro atoms. The molecule has 21 heavy (non-hydrogen) atoms. The number of primary sulfonamides is 1. The van der Waals surface area contributed by atoms with E-state index in [-0.39, 0.29) is 21.9 Å². The van der Waals surface area contributed by atoms with Gasteiger partial charge in [-0.3, -0.25) is 4.79 Å². The van der Waals surface area contributed by atoms with Crippen molar-refractivity contribution in [3.8, 4) is 5.75 Å². The number of carbonyl (C=O) groups excluding carboxylic acids is 1. The van der Waals surface area contributed by atoms with Crippen LogP contribution in [0.15, 0.2) is 23.1 Å². The minimum atomic E-state index is -3.86. The molecule has 116 valence electrons. The van der Waals surface area contributed by atoms with Crippen molar-refractivity contribution in [3.05, 3.63) is 23.8 Å². The Morgan fingerprint density at radius 1 is 1.43 bits per heavy atom. The van der Waals surface area contributed by atoms with E-state index < -0.39 is 10.0 Å². The fourth-order valence-electron chi connectivity index (χ4n) is 2.32. The summed E-state index contributed by atoms with van der Waals surface area (Å²) in [5.74, 6) is 0.0106. The third-order valence-electron chi connectivity index (χ3n) is 3.70. The number of benzene rings is 1. The maximum atomic E-state index is 12.4. The van der Waals surface area contributed by atoms with Crippen LogP contribution in [0.25, 0.3) is 0 Å². The fourth-order valence-corrected chi connectivity index (χ4v) is 2.86. The van der Waals surface area contributed by atoms with E-state index in [0.717, 1.165) is 19.3 Å². The lowest BCUT2D eigenvalue weighted by Gasteiger charge is -2.39. The number of hydrogen-bond acceptors (Lipinski definition) is 4. The van der Waals surface area contributed by atoms with E-state index in [4.69, 9.17) is 9.88 Å². The van der Waals surface area contributed by atoms with Crippen LogP contribution in [-0.4, -0.2) is 26.5 Å². The molecule has 1 amide bonds. The van der Waals surface area contributed by atoms with Crippen LogP contribution in [0.4, 0.5) is 0 Å². The first-order chi connectivity index (χ1) is 9.75. The number of rotatable bonds is 5. The van der Waals surface area contributed by atoms with Crippen molar-refractivity contribution in [1.82, 2.24) is 5.32 Å². The zero-order valence-electron chi connectivity index (χ0n) is 12.2. The smallest absolute Gasteiger partial charge is 0.255 e. The molecular formula is C14H20N2O4S. The number of hydrogen-bond donors (Lipinski definition) is 2. The molecule has 0 unspecified atom stereocenters. The van der Waals surface area contributed by atoms with Crippen LogP contribution >= 0.6 is 0 Å². The lowest BCUT2D eigenvalue weighted by Crippen LogP contribution is -2.51. The number of nitrogens with one attached hydrogen (secondary N) is 1. The summed E-state index contributed by atoms with van der Waals surface area (Å²) in [7, 11) is -3.86. The summed E-state index contributed by atoms with van der Waals surface area (Å²) in [5, 5.41) is 8.05. The van der Waals surface area contributed by atoms with Crippen LogP contribution in [0.1, 0.15) is 43.5 Å². The molecule has 0 heterocycles. The maximum Gasteiger partial charge on any atom is 0.255 e. The summed E-state index contributed by atoms with van der Waals surface area (Å²) in [6.07, 6.45) is 2.90. The summed E-state index contributed by atoms with van der Waals surface area (Å²) in [5.41, 5.74) is -0.0328. The first kappa shape index (κ1) is 15.8. The van der Waals surface area contributed by atoms with E-state index in [0.29, 0.717) is 12.4 Å². The third kappa shape index (κ3) is 3.54. The van der Waals surface area contributed by atoms with Gasteiger partial charge in [0.25, 0.3) is 5.91 Å². The van der Waals surface area contributed by atoms with Crippen molar-refractivity contribution in [2.45, 2.75) is 43.5 Å². The summed E-state index contributed by atoms with van der Waals surface area (Å²) in [6.45, 7) is 4.15. The molecule has 0 atom stereocenters. The van der Waals surface area contributed by atoms with Gasteiger partial charge < -0.3 is 10.1 Å². The molecule has 7 heteroatoms. The normalized spacial score (nSPS) is 16.9. The average Bonchev–Trinajstić information content (AvgIpc) is 2.36. The first-order valence-electron chi connectivity index (χ1n) is 6.87. The lowest BCUT2D eigenvalue weighted by atomic mass is 9.78. The van der Waals surface area contributed by atoms with E-state index in [1.165, 1.54) is 18.2 Å². The van der Waals surface area contributed by atoms with Crippen molar-refractivity contribution >= 4 is 15.9 Å². The molecule has 0 aromatic heterocycles. The van der Waals surface area contributed by atoms with Crippen LogP contribution in [0.5, 0.6) is 5.75 Å². The SMILES string of the molecule is CCOc1ccc(S(N)(=O)=O)cc1C(=O)NC1(C)CCC1. The molecule has 1 aromatic carbocycles. The minimum absolute atomic E-state index is 0.102. The zero-order chi connectivity index (χ0) is 15.7. The fraction of sp³-hybridized carbons (Fsp3) is 0.500. The van der Waals surface area contributed by atoms with Crippen molar-refractivity contribution in [2.75, 3.05) is 6.61 Å².